The summed E-state index contributed by atoms with van der Waals surface area (Å²) in [5.41, 5.74) is 2.98. The van der Waals surface area contributed by atoms with Crippen LogP contribution >= 0.6 is 23.2 Å². The van der Waals surface area contributed by atoms with E-state index in [9.17, 15) is 14.4 Å². The van der Waals surface area contributed by atoms with Crippen molar-refractivity contribution in [3.63, 3.8) is 0 Å². The van der Waals surface area contributed by atoms with Crippen LogP contribution in [0.4, 0.5) is 5.69 Å². The monoisotopic (exact) mass is 477 g/mol. The molecule has 0 saturated carbocycles. The molecular formula is C25H17Cl2N3O3. The first-order valence-corrected chi connectivity index (χ1v) is 11.0. The fourth-order valence-electron chi connectivity index (χ4n) is 4.16. The number of ketones is 1. The molecule has 0 bridgehead atoms. The number of nitrogens with zero attached hydrogens (tertiary/aromatic N) is 3. The third kappa shape index (κ3) is 3.81. The average molecular weight is 478 g/mol. The molecule has 164 valence electrons. The van der Waals surface area contributed by atoms with E-state index in [4.69, 9.17) is 23.2 Å². The van der Waals surface area contributed by atoms with Gasteiger partial charge in [0.1, 0.15) is 6.54 Å². The summed E-state index contributed by atoms with van der Waals surface area (Å²) in [5, 5.41) is 7.10. The molecule has 3 aromatic carbocycles. The van der Waals surface area contributed by atoms with Crippen LogP contribution in [-0.2, 0) is 9.59 Å². The molecule has 2 heterocycles. The first-order chi connectivity index (χ1) is 15.9. The van der Waals surface area contributed by atoms with Crippen molar-refractivity contribution < 1.29 is 14.4 Å². The zero-order valence-electron chi connectivity index (χ0n) is 17.2. The molecular weight excluding hydrogens is 461 g/mol. The number of fused-ring (bicyclic) bond motifs is 1. The van der Waals surface area contributed by atoms with E-state index in [2.05, 4.69) is 5.10 Å². The van der Waals surface area contributed by atoms with Gasteiger partial charge in [-0.3, -0.25) is 19.3 Å². The van der Waals surface area contributed by atoms with Crippen molar-refractivity contribution in [3.05, 3.63) is 99.5 Å². The molecule has 8 heteroatoms. The van der Waals surface area contributed by atoms with Crippen LogP contribution in [0.2, 0.25) is 10.0 Å². The molecule has 0 saturated heterocycles. The zero-order chi connectivity index (χ0) is 23.1. The maximum absolute atomic E-state index is 13.4. The molecule has 33 heavy (non-hydrogen) atoms. The number of hydrazone groups is 1. The lowest BCUT2D eigenvalue weighted by atomic mass is 9.98. The van der Waals surface area contributed by atoms with Gasteiger partial charge in [0.05, 0.1) is 23.0 Å². The van der Waals surface area contributed by atoms with Gasteiger partial charge in [-0.05, 0) is 35.9 Å². The molecule has 0 spiro atoms. The van der Waals surface area contributed by atoms with Crippen molar-refractivity contribution in [2.24, 2.45) is 5.10 Å². The van der Waals surface area contributed by atoms with Crippen LogP contribution < -0.4 is 4.90 Å². The van der Waals surface area contributed by atoms with Crippen LogP contribution in [0, 0.1) is 0 Å². The molecule has 0 aromatic heterocycles. The Morgan fingerprint density at radius 1 is 0.909 bits per heavy atom. The summed E-state index contributed by atoms with van der Waals surface area (Å²) in [5.74, 6) is -1.74. The summed E-state index contributed by atoms with van der Waals surface area (Å²) >= 11 is 12.4. The molecule has 0 fully saturated rings. The normalized spacial score (nSPS) is 17.4. The van der Waals surface area contributed by atoms with Crippen LogP contribution in [0.3, 0.4) is 0 Å². The van der Waals surface area contributed by atoms with Crippen LogP contribution in [0.5, 0.6) is 0 Å². The van der Waals surface area contributed by atoms with Crippen LogP contribution in [0.15, 0.2) is 77.9 Å². The number of amides is 2. The lowest BCUT2D eigenvalue weighted by molar-refractivity contribution is -0.132. The third-order valence-corrected chi connectivity index (χ3v) is 6.36. The summed E-state index contributed by atoms with van der Waals surface area (Å²) in [4.78, 5) is 39.5. The number of rotatable bonds is 4. The minimum Gasteiger partial charge on any atom is -0.295 e. The Bertz CT molecular complexity index is 1320. The van der Waals surface area contributed by atoms with E-state index in [-0.39, 0.29) is 6.54 Å². The van der Waals surface area contributed by atoms with Crippen LogP contribution in [0.1, 0.15) is 33.9 Å². The summed E-state index contributed by atoms with van der Waals surface area (Å²) in [6.07, 6.45) is 0.445. The largest absolute Gasteiger partial charge is 0.299 e. The van der Waals surface area contributed by atoms with Crippen molar-refractivity contribution in [2.45, 2.75) is 12.5 Å². The highest BCUT2D eigenvalue weighted by atomic mass is 35.5. The number of benzene rings is 3. The maximum Gasteiger partial charge on any atom is 0.299 e. The minimum absolute atomic E-state index is 0.297. The molecule has 0 aliphatic carbocycles. The zero-order valence-corrected chi connectivity index (χ0v) is 18.8. The second-order valence-corrected chi connectivity index (χ2v) is 8.62. The predicted octanol–water partition coefficient (Wildman–Crippen LogP) is 4.90. The standard InChI is InChI=1S/C25H17Cl2N3O3/c26-16-11-9-15(10-12-16)22-13-20(17-5-1-3-7-19(17)27)28-30(22)23(31)14-29-21-8-4-2-6-18(21)24(32)25(29)33/h1-12,22H,13-14H2. The van der Waals surface area contributed by atoms with Crippen molar-refractivity contribution in [1.82, 2.24) is 5.01 Å². The first-order valence-electron chi connectivity index (χ1n) is 10.3. The second-order valence-electron chi connectivity index (χ2n) is 7.77. The Morgan fingerprint density at radius 3 is 2.30 bits per heavy atom. The highest BCUT2D eigenvalue weighted by Crippen LogP contribution is 2.36. The Balaban J connectivity index is 1.49. The third-order valence-electron chi connectivity index (χ3n) is 5.78. The van der Waals surface area contributed by atoms with Crippen molar-refractivity contribution >= 4 is 52.2 Å². The van der Waals surface area contributed by atoms with Crippen molar-refractivity contribution in [3.8, 4) is 0 Å². The highest BCUT2D eigenvalue weighted by Gasteiger charge is 2.40. The van der Waals surface area contributed by atoms with E-state index in [1.165, 1.54) is 9.91 Å². The molecule has 0 N–H and O–H groups in total. The summed E-state index contributed by atoms with van der Waals surface area (Å²) in [7, 11) is 0. The lowest BCUT2D eigenvalue weighted by Crippen LogP contribution is -2.40. The van der Waals surface area contributed by atoms with Gasteiger partial charge >= 0.3 is 0 Å². The number of carbonyl (C=O) groups excluding carboxylic acids is 3. The van der Waals surface area contributed by atoms with Gasteiger partial charge in [-0.1, -0.05) is 65.7 Å². The van der Waals surface area contributed by atoms with Gasteiger partial charge in [-0.2, -0.15) is 5.10 Å². The maximum atomic E-state index is 13.4. The molecule has 2 amide bonds. The van der Waals surface area contributed by atoms with E-state index >= 15 is 0 Å². The molecule has 5 rings (SSSR count). The van der Waals surface area contributed by atoms with Crippen LogP contribution in [0.25, 0.3) is 0 Å². The van der Waals surface area contributed by atoms with Gasteiger partial charge in [-0.25, -0.2) is 5.01 Å². The number of Topliss-reactive ketones (excluding diaryl/α,β-unsaturated/α-hetero) is 1. The Hall–Kier alpha value is -3.48. The first kappa shape index (κ1) is 21.4. The van der Waals surface area contributed by atoms with Gasteiger partial charge in [0.2, 0.25) is 0 Å². The summed E-state index contributed by atoms with van der Waals surface area (Å²) < 4.78 is 0. The fraction of sp³-hybridized carbons (Fsp3) is 0.120. The number of hydrogen-bond acceptors (Lipinski definition) is 4. The van der Waals surface area contributed by atoms with Crippen molar-refractivity contribution in [2.75, 3.05) is 11.4 Å². The van der Waals surface area contributed by atoms with E-state index in [1.54, 1.807) is 42.5 Å². The van der Waals surface area contributed by atoms with Crippen molar-refractivity contribution in [1.29, 1.82) is 0 Å². The SMILES string of the molecule is O=C1C(=O)N(CC(=O)N2N=C(c3ccccc3Cl)CC2c2ccc(Cl)cc2)c2ccccc21. The number of halogens is 2. The molecule has 0 radical (unpaired) electrons. The molecule has 3 aromatic rings. The Morgan fingerprint density at radius 2 is 1.58 bits per heavy atom. The van der Waals surface area contributed by atoms with Gasteiger partial charge in [0.15, 0.2) is 0 Å². The topological polar surface area (TPSA) is 70.1 Å². The van der Waals surface area contributed by atoms with E-state index in [1.807, 2.05) is 30.3 Å². The molecule has 1 atom stereocenters. The highest BCUT2D eigenvalue weighted by molar-refractivity contribution is 6.52. The summed E-state index contributed by atoms with van der Waals surface area (Å²) in [6, 6.07) is 20.8. The minimum atomic E-state index is -0.720. The average Bonchev–Trinajstić information content (AvgIpc) is 3.36. The Labute approximate surface area is 200 Å². The number of para-hydroxylation sites is 1. The fourth-order valence-corrected chi connectivity index (χ4v) is 4.53. The number of hydrogen-bond donors (Lipinski definition) is 0. The number of carbonyl (C=O) groups is 3. The second kappa shape index (κ2) is 8.46. The van der Waals surface area contributed by atoms with E-state index in [0.717, 1.165) is 11.1 Å². The lowest BCUT2D eigenvalue weighted by Gasteiger charge is -2.24. The summed E-state index contributed by atoms with van der Waals surface area (Å²) in [6.45, 7) is -0.301. The van der Waals surface area contributed by atoms with Gasteiger partial charge in [0, 0.05) is 22.0 Å². The molecule has 2 aliphatic rings. The molecule has 6 nitrogen and oxygen atoms in total. The number of anilines is 1. The van der Waals surface area contributed by atoms with E-state index in [0.29, 0.717) is 33.4 Å². The molecule has 1 unspecified atom stereocenters. The Kier molecular flexibility index (Phi) is 5.48. The van der Waals surface area contributed by atoms with Gasteiger partial charge < -0.3 is 0 Å². The van der Waals surface area contributed by atoms with Gasteiger partial charge in [-0.15, -0.1) is 0 Å². The predicted molar refractivity (Wildman–Crippen MR) is 127 cm³/mol. The smallest absolute Gasteiger partial charge is 0.295 e. The molecule has 2 aliphatic heterocycles. The quantitative estimate of drug-likeness (QED) is 0.501. The van der Waals surface area contributed by atoms with Gasteiger partial charge in [0.25, 0.3) is 17.6 Å². The van der Waals surface area contributed by atoms with Crippen LogP contribution in [-0.4, -0.2) is 34.9 Å². The van der Waals surface area contributed by atoms with E-state index < -0.39 is 23.6 Å².